The summed E-state index contributed by atoms with van der Waals surface area (Å²) in [6.45, 7) is 3.03. The van der Waals surface area contributed by atoms with Crippen LogP contribution in [0.2, 0.25) is 0 Å². The predicted octanol–water partition coefficient (Wildman–Crippen LogP) is 4.66. The molecule has 0 aliphatic carbocycles. The number of rotatable bonds is 9. The fourth-order valence-electron chi connectivity index (χ4n) is 3.45. The summed E-state index contributed by atoms with van der Waals surface area (Å²) in [6, 6.07) is 17.7. The van der Waals surface area contributed by atoms with E-state index in [4.69, 9.17) is 14.2 Å². The molecule has 0 radical (unpaired) electrons. The molecule has 0 fully saturated rings. The largest absolute Gasteiger partial charge is 0.489 e. The van der Waals surface area contributed by atoms with Crippen molar-refractivity contribution in [2.75, 3.05) is 14.2 Å². The van der Waals surface area contributed by atoms with E-state index in [1.54, 1.807) is 14.2 Å². The van der Waals surface area contributed by atoms with Crippen LogP contribution in [-0.4, -0.2) is 30.1 Å². The van der Waals surface area contributed by atoms with Gasteiger partial charge in [0.15, 0.2) is 5.82 Å². The van der Waals surface area contributed by atoms with Gasteiger partial charge in [0, 0.05) is 13.7 Å². The molecule has 1 amide bonds. The molecule has 8 heteroatoms. The van der Waals surface area contributed by atoms with Gasteiger partial charge in [0.1, 0.15) is 23.8 Å². The topological polar surface area (TPSA) is 82.6 Å². The fourth-order valence-corrected chi connectivity index (χ4v) is 4.56. The molecule has 0 aliphatic heterocycles. The number of nitrogens with zero attached hydrogens (tertiary/aromatic N) is 2. The maximum atomic E-state index is 13.0. The number of carbonyl (C=O) groups is 1. The Kier molecular flexibility index (Phi) is 7.16. The van der Waals surface area contributed by atoms with Crippen molar-refractivity contribution < 1.29 is 19.0 Å². The smallest absolute Gasteiger partial charge is 0.261 e. The summed E-state index contributed by atoms with van der Waals surface area (Å²) in [7, 11) is 3.14. The lowest BCUT2D eigenvalue weighted by Gasteiger charge is -2.09. The Morgan fingerprint density at radius 2 is 1.79 bits per heavy atom. The van der Waals surface area contributed by atoms with Crippen LogP contribution in [0.3, 0.4) is 0 Å². The zero-order chi connectivity index (χ0) is 23.2. The van der Waals surface area contributed by atoms with Crippen molar-refractivity contribution in [3.05, 3.63) is 82.0 Å². The summed E-state index contributed by atoms with van der Waals surface area (Å²) in [5.41, 5.74) is 2.85. The summed E-state index contributed by atoms with van der Waals surface area (Å²) in [5, 5.41) is 3.75. The third-order valence-corrected chi connectivity index (χ3v) is 6.26. The van der Waals surface area contributed by atoms with Gasteiger partial charge in [-0.25, -0.2) is 4.98 Å². The van der Waals surface area contributed by atoms with Crippen LogP contribution in [0, 0.1) is 6.92 Å². The van der Waals surface area contributed by atoms with E-state index in [2.05, 4.69) is 15.3 Å². The van der Waals surface area contributed by atoms with Crippen LogP contribution in [0.5, 0.6) is 11.6 Å². The molecule has 0 saturated carbocycles. The van der Waals surface area contributed by atoms with Gasteiger partial charge < -0.3 is 19.5 Å². The lowest BCUT2D eigenvalue weighted by Crippen LogP contribution is -2.22. The summed E-state index contributed by atoms with van der Waals surface area (Å²) in [6.07, 6.45) is 0. The SMILES string of the molecule is COCc1nc(OC)c2c(C)c(C(=O)NCc3cccc(OCc4ccccc4)c3)sc2n1. The lowest BCUT2D eigenvalue weighted by molar-refractivity contribution is 0.0954. The minimum atomic E-state index is -0.165. The van der Waals surface area contributed by atoms with Crippen molar-refractivity contribution in [1.82, 2.24) is 15.3 Å². The highest BCUT2D eigenvalue weighted by Gasteiger charge is 2.21. The molecule has 1 N–H and O–H groups in total. The Balaban J connectivity index is 1.46. The fraction of sp³-hybridized carbons (Fsp3) is 0.240. The average Bonchev–Trinajstić information content (AvgIpc) is 3.18. The van der Waals surface area contributed by atoms with Crippen LogP contribution in [-0.2, 0) is 24.5 Å². The molecule has 0 aliphatic rings. The quantitative estimate of drug-likeness (QED) is 0.389. The highest BCUT2D eigenvalue weighted by atomic mass is 32.1. The van der Waals surface area contributed by atoms with E-state index in [1.807, 2.05) is 61.5 Å². The molecular formula is C25H25N3O4S. The van der Waals surface area contributed by atoms with Gasteiger partial charge in [-0.2, -0.15) is 4.98 Å². The molecule has 2 heterocycles. The number of thiophene rings is 1. The van der Waals surface area contributed by atoms with Crippen LogP contribution in [0.15, 0.2) is 54.6 Å². The number of nitrogens with one attached hydrogen (secondary N) is 1. The summed E-state index contributed by atoms with van der Waals surface area (Å²) >= 11 is 1.32. The van der Waals surface area contributed by atoms with E-state index in [0.29, 0.717) is 34.6 Å². The van der Waals surface area contributed by atoms with Gasteiger partial charge >= 0.3 is 0 Å². The van der Waals surface area contributed by atoms with Crippen molar-refractivity contribution in [1.29, 1.82) is 0 Å². The second-order valence-electron chi connectivity index (χ2n) is 7.42. The van der Waals surface area contributed by atoms with Gasteiger partial charge in [-0.05, 0) is 35.7 Å². The number of benzene rings is 2. The Bertz CT molecular complexity index is 1260. The van der Waals surface area contributed by atoms with E-state index in [0.717, 1.165) is 27.8 Å². The number of ether oxygens (including phenoxy) is 3. The van der Waals surface area contributed by atoms with Crippen LogP contribution < -0.4 is 14.8 Å². The Hall–Kier alpha value is -3.49. The zero-order valence-electron chi connectivity index (χ0n) is 18.8. The van der Waals surface area contributed by atoms with E-state index in [-0.39, 0.29) is 12.5 Å². The highest BCUT2D eigenvalue weighted by molar-refractivity contribution is 7.20. The normalized spacial score (nSPS) is 10.9. The molecule has 7 nitrogen and oxygen atoms in total. The third-order valence-electron chi connectivity index (χ3n) is 5.08. The van der Waals surface area contributed by atoms with Crippen molar-refractivity contribution in [3.8, 4) is 11.6 Å². The van der Waals surface area contributed by atoms with Crippen molar-refractivity contribution in [2.24, 2.45) is 0 Å². The monoisotopic (exact) mass is 463 g/mol. The molecule has 0 bridgehead atoms. The molecule has 0 spiro atoms. The minimum Gasteiger partial charge on any atom is -0.489 e. The molecule has 4 rings (SSSR count). The van der Waals surface area contributed by atoms with Gasteiger partial charge in [0.05, 0.1) is 17.4 Å². The van der Waals surface area contributed by atoms with Crippen LogP contribution in [0.25, 0.3) is 10.2 Å². The number of amides is 1. The minimum absolute atomic E-state index is 0.165. The first kappa shape index (κ1) is 22.7. The second kappa shape index (κ2) is 10.4. The predicted molar refractivity (Wildman–Crippen MR) is 128 cm³/mol. The summed E-state index contributed by atoms with van der Waals surface area (Å²) < 4.78 is 16.5. The molecule has 0 saturated heterocycles. The van der Waals surface area contributed by atoms with Crippen LogP contribution in [0.4, 0.5) is 0 Å². The molecule has 33 heavy (non-hydrogen) atoms. The van der Waals surface area contributed by atoms with Crippen LogP contribution >= 0.6 is 11.3 Å². The van der Waals surface area contributed by atoms with Crippen molar-refractivity contribution in [2.45, 2.75) is 26.7 Å². The first-order chi connectivity index (χ1) is 16.1. The van der Waals surface area contributed by atoms with Crippen LogP contribution in [0.1, 0.15) is 32.2 Å². The Morgan fingerprint density at radius 1 is 1.00 bits per heavy atom. The van der Waals surface area contributed by atoms with E-state index in [1.165, 1.54) is 11.3 Å². The molecular weight excluding hydrogens is 438 g/mol. The maximum absolute atomic E-state index is 13.0. The van der Waals surface area contributed by atoms with Crippen molar-refractivity contribution in [3.63, 3.8) is 0 Å². The van der Waals surface area contributed by atoms with Gasteiger partial charge in [-0.3, -0.25) is 4.79 Å². The Labute approximate surface area is 196 Å². The van der Waals surface area contributed by atoms with Gasteiger partial charge in [0.2, 0.25) is 5.88 Å². The molecule has 2 aromatic carbocycles. The first-order valence-corrected chi connectivity index (χ1v) is 11.3. The third kappa shape index (κ3) is 5.30. The maximum Gasteiger partial charge on any atom is 0.261 e. The molecule has 0 atom stereocenters. The Morgan fingerprint density at radius 3 is 2.55 bits per heavy atom. The van der Waals surface area contributed by atoms with E-state index >= 15 is 0 Å². The van der Waals surface area contributed by atoms with E-state index < -0.39 is 0 Å². The summed E-state index contributed by atoms with van der Waals surface area (Å²) in [5.74, 6) is 1.56. The van der Waals surface area contributed by atoms with Crippen molar-refractivity contribution >= 4 is 27.5 Å². The standard InChI is InChI=1S/C25H25N3O4S/c1-16-21-24(31-3)27-20(15-30-2)28-25(21)33-22(16)23(29)26-13-18-10-7-11-19(12-18)32-14-17-8-5-4-6-9-17/h4-12H,13-15H2,1-3H3,(H,26,29). The first-order valence-electron chi connectivity index (χ1n) is 10.5. The molecule has 2 aromatic heterocycles. The van der Waals surface area contributed by atoms with E-state index in [9.17, 15) is 4.79 Å². The molecule has 0 unspecified atom stereocenters. The second-order valence-corrected chi connectivity index (χ2v) is 8.42. The number of hydrogen-bond acceptors (Lipinski definition) is 7. The number of aryl methyl sites for hydroxylation is 1. The van der Waals surface area contributed by atoms with Gasteiger partial charge in [0.25, 0.3) is 5.91 Å². The van der Waals surface area contributed by atoms with Gasteiger partial charge in [-0.15, -0.1) is 11.3 Å². The number of carbonyl (C=O) groups excluding carboxylic acids is 1. The summed E-state index contributed by atoms with van der Waals surface area (Å²) in [4.78, 5) is 23.2. The highest BCUT2D eigenvalue weighted by Crippen LogP contribution is 2.35. The number of aromatic nitrogens is 2. The number of methoxy groups -OCH3 is 2. The van der Waals surface area contributed by atoms with Gasteiger partial charge in [-0.1, -0.05) is 42.5 Å². The number of hydrogen-bond donors (Lipinski definition) is 1. The number of fused-ring (bicyclic) bond motifs is 1. The zero-order valence-corrected chi connectivity index (χ0v) is 19.6. The lowest BCUT2D eigenvalue weighted by atomic mass is 10.2. The average molecular weight is 464 g/mol. The molecule has 170 valence electrons. The molecule has 4 aromatic rings.